The summed E-state index contributed by atoms with van der Waals surface area (Å²) in [5.41, 5.74) is 13.4. The molecule has 0 atom stereocenters. The summed E-state index contributed by atoms with van der Waals surface area (Å²) < 4.78 is 2.76. The van der Waals surface area contributed by atoms with Crippen LogP contribution in [0.3, 0.4) is 0 Å². The van der Waals surface area contributed by atoms with Crippen molar-refractivity contribution in [3.63, 3.8) is 0 Å². The largest absolute Gasteiger partial charge is 0.135 e. The van der Waals surface area contributed by atoms with Gasteiger partial charge in [-0.3, -0.25) is 0 Å². The maximum Gasteiger partial charge on any atom is 0.0440 e. The molecule has 1 heterocycles. The summed E-state index contributed by atoms with van der Waals surface area (Å²) in [5.74, 6) is 0. The molecule has 0 nitrogen and oxygen atoms in total. The van der Waals surface area contributed by atoms with E-state index in [-0.39, 0.29) is 5.41 Å². The van der Waals surface area contributed by atoms with Crippen LogP contribution in [0.5, 0.6) is 0 Å². The van der Waals surface area contributed by atoms with Crippen molar-refractivity contribution in [1.29, 1.82) is 0 Å². The van der Waals surface area contributed by atoms with Crippen molar-refractivity contribution in [2.24, 2.45) is 0 Å². The second-order valence-electron chi connectivity index (χ2n) is 15.1. The van der Waals surface area contributed by atoms with Crippen LogP contribution in [0.25, 0.3) is 91.4 Å². The minimum Gasteiger partial charge on any atom is -0.135 e. The Morgan fingerprint density at radius 1 is 0.519 bits per heavy atom. The van der Waals surface area contributed by atoms with E-state index in [4.69, 9.17) is 0 Å². The van der Waals surface area contributed by atoms with Gasteiger partial charge in [0.2, 0.25) is 0 Å². The number of hydrogen-bond donors (Lipinski definition) is 0. The first kappa shape index (κ1) is 29.9. The van der Waals surface area contributed by atoms with Crippen LogP contribution in [0.4, 0.5) is 0 Å². The van der Waals surface area contributed by atoms with Gasteiger partial charge in [-0.05, 0) is 119 Å². The number of fused-ring (bicyclic) bond motifs is 12. The molecule has 52 heavy (non-hydrogen) atoms. The van der Waals surface area contributed by atoms with Gasteiger partial charge in [0.1, 0.15) is 0 Å². The molecule has 0 radical (unpaired) electrons. The van der Waals surface area contributed by atoms with E-state index >= 15 is 0 Å². The monoisotopic (exact) mass is 680 g/mol. The fourth-order valence-electron chi connectivity index (χ4n) is 9.60. The first-order chi connectivity index (χ1) is 25.6. The molecule has 246 valence electrons. The predicted octanol–water partition coefficient (Wildman–Crippen LogP) is 14.9. The maximum absolute atomic E-state index is 2.49. The minimum absolute atomic E-state index is 0.152. The smallest absolute Gasteiger partial charge is 0.0440 e. The highest BCUT2D eigenvalue weighted by molar-refractivity contribution is 7.26. The molecule has 2 aliphatic carbocycles. The quantitative estimate of drug-likeness (QED) is 0.163. The van der Waals surface area contributed by atoms with Gasteiger partial charge >= 0.3 is 0 Å². The van der Waals surface area contributed by atoms with Crippen LogP contribution in [0.1, 0.15) is 43.4 Å². The second kappa shape index (κ2) is 11.1. The Balaban J connectivity index is 1.12. The van der Waals surface area contributed by atoms with Crippen molar-refractivity contribution in [3.8, 4) is 33.4 Å². The summed E-state index contributed by atoms with van der Waals surface area (Å²) >= 11 is 1.94. The number of thiophene rings is 1. The third-order valence-electron chi connectivity index (χ3n) is 11.9. The number of benzene rings is 8. The SMILES string of the molecule is CC1(C)c2cc(-c3cccc(-c4c5ccccc5c(C5=CC=CCC5)c5ccccc45)c3)ccc2-c2c1c1ccccc1c1sc3ccccc3c21. The van der Waals surface area contributed by atoms with E-state index in [1.165, 1.54) is 108 Å². The lowest BCUT2D eigenvalue weighted by Crippen LogP contribution is -2.15. The Labute approximate surface area is 308 Å². The topological polar surface area (TPSA) is 0 Å². The van der Waals surface area contributed by atoms with E-state index in [1.807, 2.05) is 11.3 Å². The van der Waals surface area contributed by atoms with E-state index in [1.54, 1.807) is 0 Å². The standard InChI is InChI=1S/C51H36S/c1-51(2)43-30-33(27-28-41(43)47-48-42-25-12-13-26-44(42)52-50(48)40-24-11-10-23-39(40)49(47)51)32-17-14-18-34(29-32)46-37-21-8-6-19-35(37)45(31-15-4-3-5-16-31)36-20-7-9-22-38(36)46/h3-4,6-15,17-30H,5,16H2,1-2H3. The molecule has 0 amide bonds. The van der Waals surface area contributed by atoms with E-state index in [2.05, 4.69) is 172 Å². The van der Waals surface area contributed by atoms with Gasteiger partial charge in [-0.15, -0.1) is 11.3 Å². The first-order valence-electron chi connectivity index (χ1n) is 18.5. The van der Waals surface area contributed by atoms with Gasteiger partial charge in [0, 0.05) is 25.6 Å². The summed E-state index contributed by atoms with van der Waals surface area (Å²) in [7, 11) is 0. The Hall–Kier alpha value is -5.76. The predicted molar refractivity (Wildman–Crippen MR) is 227 cm³/mol. The maximum atomic E-state index is 2.49. The zero-order valence-corrected chi connectivity index (χ0v) is 30.2. The molecule has 0 N–H and O–H groups in total. The van der Waals surface area contributed by atoms with Gasteiger partial charge < -0.3 is 0 Å². The number of allylic oxidation sites excluding steroid dienone is 4. The zero-order valence-electron chi connectivity index (χ0n) is 29.3. The van der Waals surface area contributed by atoms with Gasteiger partial charge in [0.05, 0.1) is 0 Å². The summed E-state index contributed by atoms with van der Waals surface area (Å²) in [4.78, 5) is 0. The molecule has 1 aromatic heterocycles. The fourth-order valence-corrected chi connectivity index (χ4v) is 10.9. The summed E-state index contributed by atoms with van der Waals surface area (Å²) in [6, 6.07) is 52.6. The van der Waals surface area contributed by atoms with Crippen molar-refractivity contribution in [1.82, 2.24) is 0 Å². The van der Waals surface area contributed by atoms with E-state index in [0.717, 1.165) is 12.8 Å². The Kier molecular flexibility index (Phi) is 6.40. The fraction of sp³-hybridized carbons (Fsp3) is 0.0980. The highest BCUT2D eigenvalue weighted by atomic mass is 32.1. The Morgan fingerprint density at radius 3 is 1.85 bits per heavy atom. The third-order valence-corrected chi connectivity index (χ3v) is 13.1. The molecule has 0 saturated heterocycles. The van der Waals surface area contributed by atoms with E-state index in [9.17, 15) is 0 Å². The molecule has 8 aromatic carbocycles. The first-order valence-corrected chi connectivity index (χ1v) is 19.3. The Morgan fingerprint density at radius 2 is 1.13 bits per heavy atom. The molecule has 0 unspecified atom stereocenters. The average molecular weight is 681 g/mol. The van der Waals surface area contributed by atoms with Crippen LogP contribution in [0.2, 0.25) is 0 Å². The summed E-state index contributed by atoms with van der Waals surface area (Å²) in [6.07, 6.45) is 8.98. The lowest BCUT2D eigenvalue weighted by atomic mass is 9.79. The lowest BCUT2D eigenvalue weighted by molar-refractivity contribution is 0.667. The van der Waals surface area contributed by atoms with E-state index < -0.39 is 0 Å². The second-order valence-corrected chi connectivity index (χ2v) is 16.1. The van der Waals surface area contributed by atoms with Crippen LogP contribution in [-0.2, 0) is 5.41 Å². The van der Waals surface area contributed by atoms with Crippen molar-refractivity contribution in [3.05, 3.63) is 174 Å². The molecule has 0 saturated carbocycles. The van der Waals surface area contributed by atoms with Gasteiger partial charge in [-0.1, -0.05) is 153 Å². The van der Waals surface area contributed by atoms with Crippen molar-refractivity contribution in [2.45, 2.75) is 32.1 Å². The van der Waals surface area contributed by atoms with Gasteiger partial charge in [0.15, 0.2) is 0 Å². The molecule has 11 rings (SSSR count). The van der Waals surface area contributed by atoms with Crippen LogP contribution < -0.4 is 0 Å². The highest BCUT2D eigenvalue weighted by Crippen LogP contribution is 2.57. The van der Waals surface area contributed by atoms with Crippen molar-refractivity contribution in [2.75, 3.05) is 0 Å². The highest BCUT2D eigenvalue weighted by Gasteiger charge is 2.39. The molecule has 0 fully saturated rings. The van der Waals surface area contributed by atoms with Crippen LogP contribution in [-0.4, -0.2) is 0 Å². The molecular formula is C51H36S. The molecular weight excluding hydrogens is 645 g/mol. The minimum atomic E-state index is -0.152. The van der Waals surface area contributed by atoms with Gasteiger partial charge in [-0.25, -0.2) is 0 Å². The van der Waals surface area contributed by atoms with Crippen LogP contribution in [0.15, 0.2) is 158 Å². The van der Waals surface area contributed by atoms with Crippen LogP contribution >= 0.6 is 11.3 Å². The summed E-state index contributed by atoms with van der Waals surface area (Å²) in [6.45, 7) is 4.87. The number of rotatable bonds is 3. The van der Waals surface area contributed by atoms with Crippen molar-refractivity contribution < 1.29 is 0 Å². The average Bonchev–Trinajstić information content (AvgIpc) is 3.70. The molecule has 2 aliphatic rings. The zero-order chi connectivity index (χ0) is 34.6. The van der Waals surface area contributed by atoms with Crippen LogP contribution in [0, 0.1) is 0 Å². The van der Waals surface area contributed by atoms with Gasteiger partial charge in [-0.2, -0.15) is 0 Å². The van der Waals surface area contributed by atoms with Gasteiger partial charge in [0.25, 0.3) is 0 Å². The normalized spacial score (nSPS) is 14.8. The molecule has 0 aliphatic heterocycles. The number of hydrogen-bond acceptors (Lipinski definition) is 1. The third kappa shape index (κ3) is 4.15. The molecule has 1 heteroatoms. The Bertz CT molecular complexity index is 2980. The van der Waals surface area contributed by atoms with E-state index in [0.29, 0.717) is 0 Å². The molecule has 9 aromatic rings. The lowest BCUT2D eigenvalue weighted by Gasteiger charge is -2.24. The summed E-state index contributed by atoms with van der Waals surface area (Å²) in [5, 5.41) is 10.8. The molecule has 0 bridgehead atoms. The van der Waals surface area contributed by atoms with Crippen molar-refractivity contribution >= 4 is 69.4 Å². The molecule has 0 spiro atoms.